The summed E-state index contributed by atoms with van der Waals surface area (Å²) >= 11 is 13.6. The molecule has 168 valence electrons. The molecule has 4 nitrogen and oxygen atoms in total. The third-order valence-corrected chi connectivity index (χ3v) is 6.74. The number of nitrogens with one attached hydrogen (secondary N) is 1. The molecule has 0 heterocycles. The summed E-state index contributed by atoms with van der Waals surface area (Å²) in [7, 11) is 0. The molecule has 1 N–H and O–H groups in total. The van der Waals surface area contributed by atoms with Gasteiger partial charge in [-0.05, 0) is 48.6 Å². The molecule has 0 fully saturated rings. The number of halogens is 2. The lowest BCUT2D eigenvalue weighted by atomic mass is 10.1. The fraction of sp³-hybridized carbons (Fsp3) is 0.417. The normalized spacial score (nSPS) is 11.8. The van der Waals surface area contributed by atoms with Crippen molar-refractivity contribution in [1.82, 2.24) is 10.2 Å². The predicted molar refractivity (Wildman–Crippen MR) is 132 cm³/mol. The van der Waals surface area contributed by atoms with Crippen LogP contribution >= 0.6 is 35.0 Å². The van der Waals surface area contributed by atoms with Gasteiger partial charge < -0.3 is 10.2 Å². The lowest BCUT2D eigenvalue weighted by molar-refractivity contribution is -0.139. The smallest absolute Gasteiger partial charge is 0.242 e. The van der Waals surface area contributed by atoms with E-state index in [0.29, 0.717) is 35.3 Å². The first-order valence-electron chi connectivity index (χ1n) is 10.5. The fourth-order valence-electron chi connectivity index (χ4n) is 3.23. The summed E-state index contributed by atoms with van der Waals surface area (Å²) in [4.78, 5) is 27.7. The zero-order chi connectivity index (χ0) is 22.8. The predicted octanol–water partition coefficient (Wildman–Crippen LogP) is 5.87. The number of benzene rings is 2. The lowest BCUT2D eigenvalue weighted by Gasteiger charge is -2.31. The van der Waals surface area contributed by atoms with E-state index >= 15 is 0 Å². The SMILES string of the molecule is CCCNC(=O)[C@H](CC)N(Cc1ccccc1C)C(=O)CSCc1ccc(Cl)c(Cl)c1. The highest BCUT2D eigenvalue weighted by atomic mass is 35.5. The number of carbonyl (C=O) groups excluding carboxylic acids is 2. The number of hydrogen-bond acceptors (Lipinski definition) is 3. The minimum atomic E-state index is -0.496. The Labute approximate surface area is 199 Å². The zero-order valence-corrected chi connectivity index (χ0v) is 20.6. The van der Waals surface area contributed by atoms with Gasteiger partial charge in [0.05, 0.1) is 15.8 Å². The van der Waals surface area contributed by atoms with Gasteiger partial charge in [0.15, 0.2) is 0 Å². The average molecular weight is 481 g/mol. The Hall–Kier alpha value is -1.69. The van der Waals surface area contributed by atoms with Crippen LogP contribution in [0.1, 0.15) is 43.4 Å². The van der Waals surface area contributed by atoms with Crippen LogP contribution in [-0.2, 0) is 21.9 Å². The van der Waals surface area contributed by atoms with E-state index in [0.717, 1.165) is 23.1 Å². The number of rotatable bonds is 11. The van der Waals surface area contributed by atoms with Gasteiger partial charge in [0.1, 0.15) is 6.04 Å². The molecule has 0 unspecified atom stereocenters. The highest BCUT2D eigenvalue weighted by Crippen LogP contribution is 2.25. The van der Waals surface area contributed by atoms with E-state index in [9.17, 15) is 9.59 Å². The lowest BCUT2D eigenvalue weighted by Crippen LogP contribution is -2.49. The molecule has 0 aliphatic rings. The molecular weight excluding hydrogens is 451 g/mol. The van der Waals surface area contributed by atoms with Gasteiger partial charge in [0.2, 0.25) is 11.8 Å². The van der Waals surface area contributed by atoms with Gasteiger partial charge in [-0.2, -0.15) is 0 Å². The summed E-state index contributed by atoms with van der Waals surface area (Å²) in [6.45, 7) is 6.99. The molecule has 2 aromatic carbocycles. The Balaban J connectivity index is 2.13. The Kier molecular flexibility index (Phi) is 10.7. The minimum Gasteiger partial charge on any atom is -0.354 e. The summed E-state index contributed by atoms with van der Waals surface area (Å²) in [6, 6.07) is 13.0. The first-order chi connectivity index (χ1) is 14.9. The van der Waals surface area contributed by atoms with Crippen LogP contribution in [0.4, 0.5) is 0 Å². The number of hydrogen-bond donors (Lipinski definition) is 1. The molecule has 31 heavy (non-hydrogen) atoms. The van der Waals surface area contributed by atoms with Gasteiger partial charge in [0.25, 0.3) is 0 Å². The minimum absolute atomic E-state index is 0.0492. The fourth-order valence-corrected chi connectivity index (χ4v) is 4.40. The van der Waals surface area contributed by atoms with Crippen LogP contribution in [0.15, 0.2) is 42.5 Å². The van der Waals surface area contributed by atoms with Gasteiger partial charge in [-0.15, -0.1) is 11.8 Å². The molecule has 0 aliphatic heterocycles. The molecule has 0 saturated carbocycles. The van der Waals surface area contributed by atoms with Crippen molar-refractivity contribution in [2.24, 2.45) is 0 Å². The number of nitrogens with zero attached hydrogens (tertiary/aromatic N) is 1. The van der Waals surface area contributed by atoms with E-state index in [1.807, 2.05) is 57.2 Å². The van der Waals surface area contributed by atoms with Gasteiger partial charge in [-0.25, -0.2) is 0 Å². The summed E-state index contributed by atoms with van der Waals surface area (Å²) in [6.07, 6.45) is 1.41. The second kappa shape index (κ2) is 13.0. The van der Waals surface area contributed by atoms with E-state index < -0.39 is 6.04 Å². The first kappa shape index (κ1) is 25.6. The molecular formula is C24H30Cl2N2O2S. The van der Waals surface area contributed by atoms with E-state index in [-0.39, 0.29) is 17.6 Å². The van der Waals surface area contributed by atoms with Crippen molar-refractivity contribution in [3.63, 3.8) is 0 Å². The number of carbonyl (C=O) groups is 2. The Bertz CT molecular complexity index is 892. The molecule has 0 saturated heterocycles. The summed E-state index contributed by atoms with van der Waals surface area (Å²) in [5.74, 6) is 0.774. The highest BCUT2D eigenvalue weighted by molar-refractivity contribution is 7.99. The standard InChI is InChI=1S/C24H30Cl2N2O2S/c1-4-12-27-24(30)22(5-2)28(14-19-9-7-6-8-17(19)3)23(29)16-31-15-18-10-11-20(25)21(26)13-18/h6-11,13,22H,4-5,12,14-16H2,1-3H3,(H,27,30)/t22-/m0/s1. The van der Waals surface area contributed by atoms with Crippen molar-refractivity contribution >= 4 is 46.8 Å². The Morgan fingerprint density at radius 1 is 1.10 bits per heavy atom. The molecule has 2 rings (SSSR count). The molecule has 0 spiro atoms. The van der Waals surface area contributed by atoms with Crippen LogP contribution in [0.5, 0.6) is 0 Å². The Morgan fingerprint density at radius 2 is 1.84 bits per heavy atom. The van der Waals surface area contributed by atoms with Gasteiger partial charge >= 0.3 is 0 Å². The maximum absolute atomic E-state index is 13.2. The zero-order valence-electron chi connectivity index (χ0n) is 18.3. The summed E-state index contributed by atoms with van der Waals surface area (Å²) in [5, 5.41) is 3.96. The summed E-state index contributed by atoms with van der Waals surface area (Å²) < 4.78 is 0. The van der Waals surface area contributed by atoms with Crippen molar-refractivity contribution in [3.8, 4) is 0 Å². The van der Waals surface area contributed by atoms with Crippen LogP contribution in [0.25, 0.3) is 0 Å². The molecule has 1 atom stereocenters. The quantitative estimate of drug-likeness (QED) is 0.437. The van der Waals surface area contributed by atoms with E-state index in [1.54, 1.807) is 11.0 Å². The van der Waals surface area contributed by atoms with Gasteiger partial charge in [-0.3, -0.25) is 9.59 Å². The number of amides is 2. The van der Waals surface area contributed by atoms with E-state index in [1.165, 1.54) is 11.8 Å². The second-order valence-electron chi connectivity index (χ2n) is 7.40. The topological polar surface area (TPSA) is 49.4 Å². The van der Waals surface area contributed by atoms with Crippen LogP contribution in [0, 0.1) is 6.92 Å². The van der Waals surface area contributed by atoms with Crippen LogP contribution < -0.4 is 5.32 Å². The monoisotopic (exact) mass is 480 g/mol. The van der Waals surface area contributed by atoms with Gasteiger partial charge in [-0.1, -0.05) is 67.4 Å². The largest absolute Gasteiger partial charge is 0.354 e. The summed E-state index contributed by atoms with van der Waals surface area (Å²) in [5.41, 5.74) is 3.16. The van der Waals surface area contributed by atoms with Crippen molar-refractivity contribution in [2.75, 3.05) is 12.3 Å². The average Bonchev–Trinajstić information content (AvgIpc) is 2.75. The van der Waals surface area contributed by atoms with Crippen LogP contribution in [0.2, 0.25) is 10.0 Å². The molecule has 0 radical (unpaired) electrons. The van der Waals surface area contributed by atoms with Crippen molar-refractivity contribution in [2.45, 2.75) is 52.0 Å². The molecule has 2 aromatic rings. The number of thioether (sulfide) groups is 1. The third kappa shape index (κ3) is 7.74. The number of aryl methyl sites for hydroxylation is 1. The van der Waals surface area contributed by atoms with E-state index in [2.05, 4.69) is 5.32 Å². The maximum Gasteiger partial charge on any atom is 0.242 e. The molecule has 2 amide bonds. The van der Waals surface area contributed by atoms with Crippen molar-refractivity contribution in [1.29, 1.82) is 0 Å². The van der Waals surface area contributed by atoms with Crippen LogP contribution in [-0.4, -0.2) is 35.1 Å². The molecule has 0 bridgehead atoms. The Morgan fingerprint density at radius 3 is 2.48 bits per heavy atom. The highest BCUT2D eigenvalue weighted by Gasteiger charge is 2.28. The molecule has 7 heteroatoms. The van der Waals surface area contributed by atoms with Crippen molar-refractivity contribution in [3.05, 3.63) is 69.2 Å². The van der Waals surface area contributed by atoms with E-state index in [4.69, 9.17) is 23.2 Å². The third-order valence-electron chi connectivity index (χ3n) is 5.02. The van der Waals surface area contributed by atoms with Crippen molar-refractivity contribution < 1.29 is 9.59 Å². The maximum atomic E-state index is 13.2. The van der Waals surface area contributed by atoms with Gasteiger partial charge in [0, 0.05) is 18.8 Å². The second-order valence-corrected chi connectivity index (χ2v) is 9.20. The van der Waals surface area contributed by atoms with Crippen LogP contribution in [0.3, 0.4) is 0 Å². The molecule has 0 aliphatic carbocycles. The molecule has 0 aromatic heterocycles. The first-order valence-corrected chi connectivity index (χ1v) is 12.4.